The molecule has 2 saturated heterocycles. The van der Waals surface area contributed by atoms with E-state index in [9.17, 15) is 0 Å². The van der Waals surface area contributed by atoms with E-state index in [4.69, 9.17) is 0 Å². The van der Waals surface area contributed by atoms with Crippen LogP contribution < -0.4 is 0 Å². The van der Waals surface area contributed by atoms with Crippen molar-refractivity contribution in [3.8, 4) is 0 Å². The molecule has 14 heavy (non-hydrogen) atoms. The third-order valence-electron chi connectivity index (χ3n) is 3.28. The number of hydrogen-bond donors (Lipinski definition) is 0. The van der Waals surface area contributed by atoms with Gasteiger partial charge in [0.05, 0.1) is 0 Å². The molecule has 0 aromatic heterocycles. The van der Waals surface area contributed by atoms with Gasteiger partial charge in [0, 0.05) is 37.7 Å². The van der Waals surface area contributed by atoms with Crippen LogP contribution in [0.5, 0.6) is 0 Å². The van der Waals surface area contributed by atoms with Crippen LogP contribution in [0.3, 0.4) is 0 Å². The molecule has 2 nitrogen and oxygen atoms in total. The SMILES string of the molecule is C1CCN(CCN2CCSCC2)CC1. The van der Waals surface area contributed by atoms with Crippen LogP contribution in [0.2, 0.25) is 0 Å². The molecule has 2 rings (SSSR count). The molecule has 0 saturated carbocycles. The average molecular weight is 214 g/mol. The van der Waals surface area contributed by atoms with Crippen molar-refractivity contribution >= 4 is 11.8 Å². The van der Waals surface area contributed by atoms with Crippen LogP contribution in [0.1, 0.15) is 19.3 Å². The Bertz CT molecular complexity index is 133. The minimum absolute atomic E-state index is 1.31. The van der Waals surface area contributed by atoms with Crippen LogP contribution in [0, 0.1) is 0 Å². The first-order valence-electron chi connectivity index (χ1n) is 5.97. The number of rotatable bonds is 3. The summed E-state index contributed by atoms with van der Waals surface area (Å²) in [4.78, 5) is 5.27. The van der Waals surface area contributed by atoms with Crippen molar-refractivity contribution < 1.29 is 0 Å². The lowest BCUT2D eigenvalue weighted by Gasteiger charge is -2.31. The summed E-state index contributed by atoms with van der Waals surface area (Å²) in [5.74, 6) is 2.69. The molecular formula is C11H22N2S. The molecule has 2 fully saturated rings. The second-order valence-electron chi connectivity index (χ2n) is 4.36. The molecule has 0 radical (unpaired) electrons. The lowest BCUT2D eigenvalue weighted by atomic mass is 10.1. The number of piperidine rings is 1. The van der Waals surface area contributed by atoms with Gasteiger partial charge in [-0.3, -0.25) is 0 Å². The van der Waals surface area contributed by atoms with Gasteiger partial charge in [-0.15, -0.1) is 0 Å². The Morgan fingerprint density at radius 1 is 0.714 bits per heavy atom. The summed E-state index contributed by atoms with van der Waals surface area (Å²) in [6, 6.07) is 0. The van der Waals surface area contributed by atoms with E-state index in [1.165, 1.54) is 70.0 Å². The first kappa shape index (κ1) is 10.8. The Kier molecular flexibility index (Phi) is 4.61. The van der Waals surface area contributed by atoms with Crippen LogP contribution in [-0.4, -0.2) is 60.6 Å². The summed E-state index contributed by atoms with van der Waals surface area (Å²) in [5, 5.41) is 0. The zero-order chi connectivity index (χ0) is 9.64. The first-order chi connectivity index (χ1) is 6.95. The highest BCUT2D eigenvalue weighted by molar-refractivity contribution is 7.99. The predicted molar refractivity (Wildman–Crippen MR) is 64.1 cm³/mol. The number of hydrogen-bond acceptors (Lipinski definition) is 3. The van der Waals surface area contributed by atoms with E-state index in [1.54, 1.807) is 0 Å². The summed E-state index contributed by atoms with van der Waals surface area (Å²) >= 11 is 2.10. The fourth-order valence-electron chi connectivity index (χ4n) is 2.29. The highest BCUT2D eigenvalue weighted by Gasteiger charge is 2.13. The quantitative estimate of drug-likeness (QED) is 0.703. The average Bonchev–Trinajstić information content (AvgIpc) is 2.29. The van der Waals surface area contributed by atoms with E-state index >= 15 is 0 Å². The minimum atomic E-state index is 1.31. The summed E-state index contributed by atoms with van der Waals surface area (Å²) in [5.41, 5.74) is 0. The Morgan fingerprint density at radius 2 is 1.29 bits per heavy atom. The fourth-order valence-corrected chi connectivity index (χ4v) is 3.27. The van der Waals surface area contributed by atoms with Crippen molar-refractivity contribution in [1.82, 2.24) is 9.80 Å². The Hall–Kier alpha value is 0.270. The molecule has 2 heterocycles. The molecular weight excluding hydrogens is 192 g/mol. The van der Waals surface area contributed by atoms with Crippen molar-refractivity contribution in [2.45, 2.75) is 19.3 Å². The molecule has 0 aromatic carbocycles. The zero-order valence-corrected chi connectivity index (χ0v) is 9.90. The summed E-state index contributed by atoms with van der Waals surface area (Å²) in [6.07, 6.45) is 4.31. The maximum Gasteiger partial charge on any atom is 0.0110 e. The Labute approximate surface area is 92.0 Å². The van der Waals surface area contributed by atoms with Gasteiger partial charge in [0.25, 0.3) is 0 Å². The fraction of sp³-hybridized carbons (Fsp3) is 1.00. The molecule has 0 aromatic rings. The van der Waals surface area contributed by atoms with Gasteiger partial charge in [-0.05, 0) is 25.9 Å². The van der Waals surface area contributed by atoms with E-state index in [2.05, 4.69) is 21.6 Å². The number of nitrogens with zero attached hydrogens (tertiary/aromatic N) is 2. The highest BCUT2D eigenvalue weighted by Crippen LogP contribution is 2.11. The van der Waals surface area contributed by atoms with Gasteiger partial charge in [-0.2, -0.15) is 11.8 Å². The topological polar surface area (TPSA) is 6.48 Å². The largest absolute Gasteiger partial charge is 0.302 e. The van der Waals surface area contributed by atoms with Crippen LogP contribution in [0.25, 0.3) is 0 Å². The van der Waals surface area contributed by atoms with E-state index < -0.39 is 0 Å². The van der Waals surface area contributed by atoms with Crippen LogP contribution >= 0.6 is 11.8 Å². The van der Waals surface area contributed by atoms with Crippen molar-refractivity contribution in [2.24, 2.45) is 0 Å². The predicted octanol–water partition coefficient (Wildman–Crippen LogP) is 1.52. The van der Waals surface area contributed by atoms with Crippen molar-refractivity contribution in [3.63, 3.8) is 0 Å². The summed E-state index contributed by atoms with van der Waals surface area (Å²) < 4.78 is 0. The molecule has 0 atom stereocenters. The van der Waals surface area contributed by atoms with Gasteiger partial charge < -0.3 is 9.80 Å². The molecule has 0 aliphatic carbocycles. The maximum absolute atomic E-state index is 2.64. The van der Waals surface area contributed by atoms with E-state index in [0.29, 0.717) is 0 Å². The third kappa shape index (κ3) is 3.44. The summed E-state index contributed by atoms with van der Waals surface area (Å²) in [6.45, 7) is 7.95. The standard InChI is InChI=1S/C11H22N2S/c1-2-4-12(5-3-1)6-7-13-8-10-14-11-9-13/h1-11H2. The Balaban J connectivity index is 1.60. The maximum atomic E-state index is 2.64. The second kappa shape index (κ2) is 5.99. The van der Waals surface area contributed by atoms with Crippen molar-refractivity contribution in [3.05, 3.63) is 0 Å². The molecule has 2 aliphatic heterocycles. The second-order valence-corrected chi connectivity index (χ2v) is 5.58. The van der Waals surface area contributed by atoms with Gasteiger partial charge in [-0.1, -0.05) is 6.42 Å². The highest BCUT2D eigenvalue weighted by atomic mass is 32.2. The molecule has 0 bridgehead atoms. The van der Waals surface area contributed by atoms with E-state index in [1.807, 2.05) is 0 Å². The van der Waals surface area contributed by atoms with Gasteiger partial charge in [-0.25, -0.2) is 0 Å². The zero-order valence-electron chi connectivity index (χ0n) is 9.08. The van der Waals surface area contributed by atoms with Crippen molar-refractivity contribution in [2.75, 3.05) is 50.8 Å². The number of thioether (sulfide) groups is 1. The van der Waals surface area contributed by atoms with Crippen LogP contribution in [0.15, 0.2) is 0 Å². The smallest absolute Gasteiger partial charge is 0.0110 e. The van der Waals surface area contributed by atoms with Gasteiger partial charge in [0.1, 0.15) is 0 Å². The molecule has 0 spiro atoms. The molecule has 2 aliphatic rings. The molecule has 3 heteroatoms. The number of likely N-dealkylation sites (tertiary alicyclic amines) is 1. The lowest BCUT2D eigenvalue weighted by Crippen LogP contribution is -2.40. The summed E-state index contributed by atoms with van der Waals surface area (Å²) in [7, 11) is 0. The normalized spacial score (nSPS) is 26.6. The van der Waals surface area contributed by atoms with Crippen LogP contribution in [-0.2, 0) is 0 Å². The van der Waals surface area contributed by atoms with E-state index in [0.717, 1.165) is 0 Å². The lowest BCUT2D eigenvalue weighted by molar-refractivity contribution is 0.188. The minimum Gasteiger partial charge on any atom is -0.302 e. The molecule has 0 amide bonds. The van der Waals surface area contributed by atoms with Gasteiger partial charge >= 0.3 is 0 Å². The van der Waals surface area contributed by atoms with Gasteiger partial charge in [0.15, 0.2) is 0 Å². The van der Waals surface area contributed by atoms with E-state index in [-0.39, 0.29) is 0 Å². The molecule has 82 valence electrons. The molecule has 0 unspecified atom stereocenters. The molecule has 0 N–H and O–H groups in total. The monoisotopic (exact) mass is 214 g/mol. The van der Waals surface area contributed by atoms with Crippen LogP contribution in [0.4, 0.5) is 0 Å². The third-order valence-corrected chi connectivity index (χ3v) is 4.23. The van der Waals surface area contributed by atoms with Gasteiger partial charge in [0.2, 0.25) is 0 Å². The Morgan fingerprint density at radius 3 is 1.93 bits per heavy atom. The van der Waals surface area contributed by atoms with Crippen molar-refractivity contribution in [1.29, 1.82) is 0 Å². The first-order valence-corrected chi connectivity index (χ1v) is 7.13.